The van der Waals surface area contributed by atoms with Gasteiger partial charge in [-0.15, -0.1) is 0 Å². The highest BCUT2D eigenvalue weighted by Crippen LogP contribution is 2.16. The van der Waals surface area contributed by atoms with Gasteiger partial charge in [0.15, 0.2) is 0 Å². The SMILES string of the molecule is COc1cccc(C(=O)N/N=C/c2ccc(OC(=O)c3cccc(Cl)c3)cc2)c1. The average Bonchev–Trinajstić information content (AvgIpc) is 2.75. The quantitative estimate of drug-likeness (QED) is 0.285. The Hall–Kier alpha value is -3.64. The molecular formula is C22H17ClN2O4. The summed E-state index contributed by atoms with van der Waals surface area (Å²) in [6, 6.07) is 20.0. The van der Waals surface area contributed by atoms with Gasteiger partial charge in [0.1, 0.15) is 11.5 Å². The molecule has 0 saturated carbocycles. The second-order valence-electron chi connectivity index (χ2n) is 5.90. The summed E-state index contributed by atoms with van der Waals surface area (Å²) in [4.78, 5) is 24.2. The highest BCUT2D eigenvalue weighted by Gasteiger charge is 2.09. The summed E-state index contributed by atoms with van der Waals surface area (Å²) >= 11 is 5.88. The maximum absolute atomic E-state index is 12.1. The first-order chi connectivity index (χ1) is 14.0. The Morgan fingerprint density at radius 1 is 0.931 bits per heavy atom. The van der Waals surface area contributed by atoms with E-state index in [1.807, 2.05) is 0 Å². The number of benzene rings is 3. The van der Waals surface area contributed by atoms with E-state index in [2.05, 4.69) is 10.5 Å². The van der Waals surface area contributed by atoms with E-state index in [9.17, 15) is 9.59 Å². The third kappa shape index (κ3) is 5.67. The summed E-state index contributed by atoms with van der Waals surface area (Å²) in [7, 11) is 1.53. The lowest BCUT2D eigenvalue weighted by Gasteiger charge is -2.05. The molecule has 0 heterocycles. The van der Waals surface area contributed by atoms with Crippen LogP contribution in [0.2, 0.25) is 5.02 Å². The number of carbonyl (C=O) groups is 2. The third-order valence-electron chi connectivity index (χ3n) is 3.86. The zero-order valence-electron chi connectivity index (χ0n) is 15.5. The first-order valence-electron chi connectivity index (χ1n) is 8.60. The van der Waals surface area contributed by atoms with Crippen LogP contribution in [0.1, 0.15) is 26.3 Å². The summed E-state index contributed by atoms with van der Waals surface area (Å²) in [5, 5.41) is 4.39. The number of halogens is 1. The van der Waals surface area contributed by atoms with Crippen LogP contribution in [0, 0.1) is 0 Å². The van der Waals surface area contributed by atoms with Crippen molar-refractivity contribution in [2.75, 3.05) is 7.11 Å². The van der Waals surface area contributed by atoms with Crippen LogP contribution in [0.5, 0.6) is 11.5 Å². The van der Waals surface area contributed by atoms with Crippen molar-refractivity contribution in [3.63, 3.8) is 0 Å². The van der Waals surface area contributed by atoms with Crippen LogP contribution in [0.3, 0.4) is 0 Å². The lowest BCUT2D eigenvalue weighted by atomic mass is 10.2. The molecular weight excluding hydrogens is 392 g/mol. The van der Waals surface area contributed by atoms with Gasteiger partial charge in [0.2, 0.25) is 0 Å². The van der Waals surface area contributed by atoms with Crippen LogP contribution in [0.25, 0.3) is 0 Å². The van der Waals surface area contributed by atoms with Crippen LogP contribution in [-0.4, -0.2) is 25.2 Å². The molecule has 0 atom stereocenters. The molecule has 0 aliphatic rings. The fourth-order valence-electron chi connectivity index (χ4n) is 2.40. The van der Waals surface area contributed by atoms with E-state index in [0.717, 1.165) is 5.56 Å². The molecule has 7 heteroatoms. The van der Waals surface area contributed by atoms with Crippen molar-refractivity contribution in [2.24, 2.45) is 5.10 Å². The maximum atomic E-state index is 12.1. The molecule has 0 unspecified atom stereocenters. The van der Waals surface area contributed by atoms with Gasteiger partial charge >= 0.3 is 5.97 Å². The van der Waals surface area contributed by atoms with Gasteiger partial charge in [-0.05, 0) is 66.2 Å². The summed E-state index contributed by atoms with van der Waals surface area (Å²) in [5.74, 6) is 0.115. The van der Waals surface area contributed by atoms with Crippen LogP contribution in [0.4, 0.5) is 0 Å². The van der Waals surface area contributed by atoms with Gasteiger partial charge in [-0.3, -0.25) is 4.79 Å². The predicted molar refractivity (Wildman–Crippen MR) is 111 cm³/mol. The smallest absolute Gasteiger partial charge is 0.343 e. The number of methoxy groups -OCH3 is 1. The van der Waals surface area contributed by atoms with Crippen molar-refractivity contribution < 1.29 is 19.1 Å². The number of hydrogen-bond donors (Lipinski definition) is 1. The molecule has 0 spiro atoms. The summed E-state index contributed by atoms with van der Waals surface area (Å²) in [6.45, 7) is 0. The van der Waals surface area contributed by atoms with E-state index in [1.54, 1.807) is 66.7 Å². The Morgan fingerprint density at radius 2 is 1.66 bits per heavy atom. The standard InChI is InChI=1S/C22H17ClN2O4/c1-28-20-7-3-4-16(13-20)21(26)25-24-14-15-8-10-19(11-9-15)29-22(27)17-5-2-6-18(23)12-17/h2-14H,1H3,(H,25,26)/b24-14+. The third-order valence-corrected chi connectivity index (χ3v) is 4.10. The van der Waals surface area contributed by atoms with E-state index in [-0.39, 0.29) is 5.91 Å². The molecule has 3 aromatic rings. The van der Waals surface area contributed by atoms with Gasteiger partial charge in [-0.2, -0.15) is 5.10 Å². The van der Waals surface area contributed by atoms with E-state index in [0.29, 0.717) is 27.6 Å². The predicted octanol–water partition coefficient (Wildman–Crippen LogP) is 4.33. The summed E-state index contributed by atoms with van der Waals surface area (Å²) in [5.41, 5.74) is 3.97. The lowest BCUT2D eigenvalue weighted by molar-refractivity contribution is 0.0734. The largest absolute Gasteiger partial charge is 0.497 e. The minimum absolute atomic E-state index is 0.354. The van der Waals surface area contributed by atoms with Crippen molar-refractivity contribution in [3.05, 3.63) is 94.5 Å². The Balaban J connectivity index is 1.57. The van der Waals surface area contributed by atoms with Crippen molar-refractivity contribution in [1.29, 1.82) is 0 Å². The number of nitrogens with zero attached hydrogens (tertiary/aromatic N) is 1. The zero-order valence-corrected chi connectivity index (χ0v) is 16.2. The molecule has 0 aliphatic carbocycles. The molecule has 0 radical (unpaired) electrons. The van der Waals surface area contributed by atoms with Crippen molar-refractivity contribution in [1.82, 2.24) is 5.43 Å². The van der Waals surface area contributed by atoms with E-state index >= 15 is 0 Å². The Morgan fingerprint density at radius 3 is 2.38 bits per heavy atom. The maximum Gasteiger partial charge on any atom is 0.343 e. The van der Waals surface area contributed by atoms with Crippen LogP contribution < -0.4 is 14.9 Å². The van der Waals surface area contributed by atoms with Gasteiger partial charge in [0.05, 0.1) is 18.9 Å². The van der Waals surface area contributed by atoms with Crippen LogP contribution in [0.15, 0.2) is 77.9 Å². The van der Waals surface area contributed by atoms with Gasteiger partial charge in [0.25, 0.3) is 5.91 Å². The summed E-state index contributed by atoms with van der Waals surface area (Å²) in [6.07, 6.45) is 1.49. The highest BCUT2D eigenvalue weighted by molar-refractivity contribution is 6.30. The van der Waals surface area contributed by atoms with Gasteiger partial charge < -0.3 is 9.47 Å². The number of nitrogens with one attached hydrogen (secondary N) is 1. The molecule has 29 heavy (non-hydrogen) atoms. The van der Waals surface area contributed by atoms with Gasteiger partial charge in [0, 0.05) is 10.6 Å². The van der Waals surface area contributed by atoms with E-state index in [1.165, 1.54) is 19.4 Å². The van der Waals surface area contributed by atoms with E-state index in [4.69, 9.17) is 21.1 Å². The number of amides is 1. The molecule has 3 aromatic carbocycles. The van der Waals surface area contributed by atoms with Crippen LogP contribution in [-0.2, 0) is 0 Å². The fraction of sp³-hybridized carbons (Fsp3) is 0.0455. The minimum atomic E-state index is -0.500. The Bertz CT molecular complexity index is 1050. The Labute approximate surface area is 172 Å². The molecule has 0 bridgehead atoms. The number of ether oxygens (including phenoxy) is 2. The molecule has 1 amide bonds. The van der Waals surface area contributed by atoms with Crippen molar-refractivity contribution in [3.8, 4) is 11.5 Å². The number of hydrazone groups is 1. The molecule has 146 valence electrons. The lowest BCUT2D eigenvalue weighted by Crippen LogP contribution is -2.17. The fourth-order valence-corrected chi connectivity index (χ4v) is 2.59. The molecule has 0 aliphatic heterocycles. The number of hydrogen-bond acceptors (Lipinski definition) is 5. The molecule has 0 aromatic heterocycles. The zero-order chi connectivity index (χ0) is 20.6. The average molecular weight is 409 g/mol. The van der Waals surface area contributed by atoms with Crippen LogP contribution >= 0.6 is 11.6 Å². The van der Waals surface area contributed by atoms with E-state index < -0.39 is 5.97 Å². The number of esters is 1. The monoisotopic (exact) mass is 408 g/mol. The second-order valence-corrected chi connectivity index (χ2v) is 6.34. The first kappa shape index (κ1) is 20.1. The molecule has 1 N–H and O–H groups in total. The first-order valence-corrected chi connectivity index (χ1v) is 8.98. The molecule has 3 rings (SSSR count). The molecule has 0 fully saturated rings. The number of rotatable bonds is 6. The second kappa shape index (κ2) is 9.52. The molecule has 0 saturated heterocycles. The van der Waals surface area contributed by atoms with Gasteiger partial charge in [-0.1, -0.05) is 23.7 Å². The van der Waals surface area contributed by atoms with Crippen molar-refractivity contribution in [2.45, 2.75) is 0 Å². The highest BCUT2D eigenvalue weighted by atomic mass is 35.5. The van der Waals surface area contributed by atoms with Crippen molar-refractivity contribution >= 4 is 29.7 Å². The summed E-state index contributed by atoms with van der Waals surface area (Å²) < 4.78 is 10.4. The number of carbonyl (C=O) groups excluding carboxylic acids is 2. The topological polar surface area (TPSA) is 77.0 Å². The minimum Gasteiger partial charge on any atom is -0.497 e. The Kier molecular flexibility index (Phi) is 6.60. The van der Waals surface area contributed by atoms with Gasteiger partial charge in [-0.25, -0.2) is 10.2 Å². The molecule has 6 nitrogen and oxygen atoms in total. The normalized spacial score (nSPS) is 10.6.